The Balaban J connectivity index is 1.54. The van der Waals surface area contributed by atoms with E-state index in [2.05, 4.69) is 102 Å². The molecule has 172 valence electrons. The smallest absolute Gasteiger partial charge is 0.159 e. The fourth-order valence-corrected chi connectivity index (χ4v) is 6.46. The van der Waals surface area contributed by atoms with E-state index < -0.39 is 0 Å². The number of hydrogen-bond acceptors (Lipinski definition) is 2. The SMILES string of the molecule is C=S(C)c1cccc2c1oc1c(-n3c4ccccc4c4cc5c(cc43)oc3ccccc35)cccc12. The molecular weight excluding hydrogens is 462 g/mol. The van der Waals surface area contributed by atoms with Crippen LogP contribution < -0.4 is 0 Å². The molecule has 0 saturated carbocycles. The lowest BCUT2D eigenvalue weighted by molar-refractivity contribution is 0.658. The van der Waals surface area contributed by atoms with Gasteiger partial charge in [0.25, 0.3) is 0 Å². The maximum absolute atomic E-state index is 6.66. The Hall–Kier alpha value is -4.28. The number of para-hydroxylation sites is 4. The summed E-state index contributed by atoms with van der Waals surface area (Å²) in [5.41, 5.74) is 6.88. The van der Waals surface area contributed by atoms with E-state index in [-0.39, 0.29) is 10.5 Å². The number of furan rings is 2. The van der Waals surface area contributed by atoms with Gasteiger partial charge in [-0.15, -0.1) is 0 Å². The topological polar surface area (TPSA) is 31.2 Å². The molecule has 36 heavy (non-hydrogen) atoms. The van der Waals surface area contributed by atoms with Gasteiger partial charge in [-0.3, -0.25) is 0 Å². The standard InChI is InChI=1S/C32H21NO2S/c1-36(2)30-16-8-12-22-21-11-7-14-26(31(21)35-32(22)30)33-25-13-5-3-9-19(25)23-17-24-20-10-4-6-15-28(20)34-29(24)18-27(23)33/h3-18H,1H2,2H3. The van der Waals surface area contributed by atoms with Gasteiger partial charge in [-0.2, -0.15) is 10.5 Å². The third-order valence-electron chi connectivity index (χ3n) is 7.25. The zero-order valence-corrected chi connectivity index (χ0v) is 20.4. The van der Waals surface area contributed by atoms with Crippen LogP contribution in [0.4, 0.5) is 0 Å². The predicted octanol–water partition coefficient (Wildman–Crippen LogP) is 9.27. The van der Waals surface area contributed by atoms with Gasteiger partial charge in [0, 0.05) is 43.3 Å². The van der Waals surface area contributed by atoms with Gasteiger partial charge in [0.05, 0.1) is 16.7 Å². The predicted molar refractivity (Wildman–Crippen MR) is 154 cm³/mol. The van der Waals surface area contributed by atoms with Crippen LogP contribution in [0.2, 0.25) is 0 Å². The van der Waals surface area contributed by atoms with E-state index in [1.54, 1.807) is 0 Å². The van der Waals surface area contributed by atoms with Crippen molar-refractivity contribution in [2.45, 2.75) is 4.90 Å². The van der Waals surface area contributed by atoms with Crippen molar-refractivity contribution in [3.05, 3.63) is 97.1 Å². The lowest BCUT2D eigenvalue weighted by atomic mass is 10.1. The van der Waals surface area contributed by atoms with Gasteiger partial charge in [0.2, 0.25) is 0 Å². The van der Waals surface area contributed by atoms with E-state index in [1.807, 2.05) is 12.1 Å². The van der Waals surface area contributed by atoms with Gasteiger partial charge >= 0.3 is 0 Å². The van der Waals surface area contributed by atoms with Crippen molar-refractivity contribution in [2.75, 3.05) is 6.26 Å². The van der Waals surface area contributed by atoms with Crippen molar-refractivity contribution >= 4 is 82.0 Å². The molecule has 8 rings (SSSR count). The van der Waals surface area contributed by atoms with Crippen LogP contribution in [0.1, 0.15) is 0 Å². The van der Waals surface area contributed by atoms with Crippen molar-refractivity contribution in [3.8, 4) is 5.69 Å². The lowest BCUT2D eigenvalue weighted by Crippen LogP contribution is -1.94. The fourth-order valence-electron chi connectivity index (χ4n) is 5.68. The molecule has 1 unspecified atom stereocenters. The summed E-state index contributed by atoms with van der Waals surface area (Å²) in [6, 6.07) is 34.1. The summed E-state index contributed by atoms with van der Waals surface area (Å²) in [4.78, 5) is 1.15. The van der Waals surface area contributed by atoms with Gasteiger partial charge in [-0.05, 0) is 36.6 Å². The molecule has 3 aromatic heterocycles. The fraction of sp³-hybridized carbons (Fsp3) is 0.0312. The van der Waals surface area contributed by atoms with Crippen LogP contribution in [0.5, 0.6) is 0 Å². The molecule has 4 heteroatoms. The molecule has 1 atom stereocenters. The first-order valence-electron chi connectivity index (χ1n) is 11.9. The third-order valence-corrected chi connectivity index (χ3v) is 8.33. The quantitative estimate of drug-likeness (QED) is 0.229. The minimum Gasteiger partial charge on any atom is -0.456 e. The average molecular weight is 484 g/mol. The number of rotatable bonds is 2. The Morgan fingerprint density at radius 1 is 0.583 bits per heavy atom. The second-order valence-corrected chi connectivity index (χ2v) is 11.1. The Labute approximate surface area is 209 Å². The zero-order chi connectivity index (χ0) is 24.0. The monoisotopic (exact) mass is 483 g/mol. The Bertz CT molecular complexity index is 2190. The van der Waals surface area contributed by atoms with Crippen LogP contribution in [-0.2, 0) is 0 Å². The number of benzene rings is 5. The van der Waals surface area contributed by atoms with Crippen molar-refractivity contribution in [2.24, 2.45) is 0 Å². The van der Waals surface area contributed by atoms with E-state index in [1.165, 1.54) is 10.8 Å². The highest BCUT2D eigenvalue weighted by Gasteiger charge is 2.20. The summed E-state index contributed by atoms with van der Waals surface area (Å²) >= 11 is 0. The van der Waals surface area contributed by atoms with Gasteiger partial charge in [-0.1, -0.05) is 66.5 Å². The highest BCUT2D eigenvalue weighted by molar-refractivity contribution is 8.13. The third kappa shape index (κ3) is 2.57. The van der Waals surface area contributed by atoms with Crippen molar-refractivity contribution in [1.29, 1.82) is 0 Å². The number of fused-ring (bicyclic) bond motifs is 9. The first-order valence-corrected chi connectivity index (χ1v) is 13.7. The van der Waals surface area contributed by atoms with Gasteiger partial charge in [-0.25, -0.2) is 0 Å². The highest BCUT2D eigenvalue weighted by Crippen LogP contribution is 2.42. The average Bonchev–Trinajstić information content (AvgIpc) is 3.56. The first kappa shape index (κ1) is 20.0. The molecule has 0 radical (unpaired) electrons. The number of hydrogen-bond donors (Lipinski definition) is 0. The molecule has 0 spiro atoms. The summed E-state index contributed by atoms with van der Waals surface area (Å²) in [6.45, 7) is 0. The van der Waals surface area contributed by atoms with E-state index in [4.69, 9.17) is 8.83 Å². The van der Waals surface area contributed by atoms with Crippen LogP contribution in [-0.4, -0.2) is 16.7 Å². The highest BCUT2D eigenvalue weighted by atomic mass is 32.2. The van der Waals surface area contributed by atoms with Crippen LogP contribution in [0.3, 0.4) is 0 Å². The molecule has 3 nitrogen and oxygen atoms in total. The van der Waals surface area contributed by atoms with Gasteiger partial charge in [0.1, 0.15) is 16.7 Å². The zero-order valence-electron chi connectivity index (χ0n) is 19.6. The van der Waals surface area contributed by atoms with E-state index in [9.17, 15) is 0 Å². The molecule has 8 aromatic rings. The molecule has 0 N–H and O–H groups in total. The Morgan fingerprint density at radius 2 is 1.31 bits per heavy atom. The molecule has 0 fully saturated rings. The van der Waals surface area contributed by atoms with Crippen molar-refractivity contribution in [3.63, 3.8) is 0 Å². The summed E-state index contributed by atoms with van der Waals surface area (Å²) < 4.78 is 15.3. The number of aromatic nitrogens is 1. The summed E-state index contributed by atoms with van der Waals surface area (Å²) in [5, 5.41) is 6.94. The maximum atomic E-state index is 6.66. The minimum atomic E-state index is -0.155. The van der Waals surface area contributed by atoms with Gasteiger partial charge in [0.15, 0.2) is 5.58 Å². The molecular formula is C32H21NO2S. The Morgan fingerprint density at radius 3 is 2.17 bits per heavy atom. The van der Waals surface area contributed by atoms with Crippen molar-refractivity contribution in [1.82, 2.24) is 4.57 Å². The van der Waals surface area contributed by atoms with E-state index in [0.29, 0.717) is 0 Å². The molecule has 5 aromatic carbocycles. The largest absolute Gasteiger partial charge is 0.456 e. The normalized spacial score (nSPS) is 13.1. The van der Waals surface area contributed by atoms with Crippen LogP contribution in [0, 0.1) is 0 Å². The van der Waals surface area contributed by atoms with Crippen LogP contribution in [0.15, 0.2) is 111 Å². The molecule has 0 aliphatic heterocycles. The Kier molecular flexibility index (Phi) is 3.95. The molecule has 0 aliphatic carbocycles. The minimum absolute atomic E-state index is 0.155. The molecule has 0 amide bonds. The maximum Gasteiger partial charge on any atom is 0.159 e. The number of nitrogens with zero attached hydrogens (tertiary/aromatic N) is 1. The van der Waals surface area contributed by atoms with Crippen LogP contribution in [0.25, 0.3) is 71.4 Å². The van der Waals surface area contributed by atoms with E-state index >= 15 is 0 Å². The molecule has 0 saturated heterocycles. The second-order valence-electron chi connectivity index (χ2n) is 9.34. The summed E-state index contributed by atoms with van der Waals surface area (Å²) in [7, 11) is -0.155. The van der Waals surface area contributed by atoms with E-state index in [0.717, 1.165) is 65.5 Å². The van der Waals surface area contributed by atoms with Gasteiger partial charge < -0.3 is 13.4 Å². The molecule has 0 aliphatic rings. The van der Waals surface area contributed by atoms with Crippen molar-refractivity contribution < 1.29 is 8.83 Å². The second kappa shape index (κ2) is 7.12. The van der Waals surface area contributed by atoms with Crippen LogP contribution >= 0.6 is 10.5 Å². The first-order chi connectivity index (χ1) is 17.7. The molecule has 3 heterocycles. The summed E-state index contributed by atoms with van der Waals surface area (Å²) in [6.07, 6.45) is 2.13. The molecule has 0 bridgehead atoms. The lowest BCUT2D eigenvalue weighted by Gasteiger charge is -2.08. The summed E-state index contributed by atoms with van der Waals surface area (Å²) in [5.74, 6) is 4.28.